The summed E-state index contributed by atoms with van der Waals surface area (Å²) >= 11 is 0. The van der Waals surface area contributed by atoms with Crippen molar-refractivity contribution in [3.05, 3.63) is 30.3 Å². The molecule has 0 saturated carbocycles. The van der Waals surface area contributed by atoms with Crippen molar-refractivity contribution in [1.82, 2.24) is 5.32 Å². The molecule has 0 unspecified atom stereocenters. The minimum absolute atomic E-state index is 0.595. The van der Waals surface area contributed by atoms with Crippen molar-refractivity contribution in [3.8, 4) is 18.1 Å². The Morgan fingerprint density at radius 3 is 2.77 bits per heavy atom. The number of hydrogen-bond acceptors (Lipinski definition) is 2. The Kier molecular flexibility index (Phi) is 4.52. The van der Waals surface area contributed by atoms with Gasteiger partial charge in [-0.05, 0) is 12.1 Å². The van der Waals surface area contributed by atoms with Gasteiger partial charge in [-0.25, -0.2) is 0 Å². The second kappa shape index (κ2) is 6.10. The van der Waals surface area contributed by atoms with E-state index in [0.29, 0.717) is 13.2 Å². The Balaban J connectivity index is 2.11. The van der Waals surface area contributed by atoms with Crippen LogP contribution in [0.1, 0.15) is 0 Å². The minimum Gasteiger partial charge on any atom is -0.492 e. The number of ether oxygens (including phenoxy) is 1. The lowest BCUT2D eigenvalue weighted by Gasteiger charge is -2.05. The number of terminal acetylenes is 1. The normalized spacial score (nSPS) is 9.15. The van der Waals surface area contributed by atoms with Crippen LogP contribution < -0.4 is 10.1 Å². The summed E-state index contributed by atoms with van der Waals surface area (Å²) in [5.41, 5.74) is 0. The van der Waals surface area contributed by atoms with E-state index in [-0.39, 0.29) is 0 Å². The highest BCUT2D eigenvalue weighted by molar-refractivity contribution is 5.20. The topological polar surface area (TPSA) is 21.3 Å². The molecule has 1 N–H and O–H groups in total. The molecular formula is C11H13NO. The maximum atomic E-state index is 5.42. The van der Waals surface area contributed by atoms with Gasteiger partial charge in [0.2, 0.25) is 0 Å². The average molecular weight is 175 g/mol. The molecule has 0 atom stereocenters. The quantitative estimate of drug-likeness (QED) is 0.538. The average Bonchev–Trinajstić information content (AvgIpc) is 2.19. The number of hydrogen-bond donors (Lipinski definition) is 1. The highest BCUT2D eigenvalue weighted by Gasteiger charge is 1.89. The summed E-state index contributed by atoms with van der Waals surface area (Å²) < 4.78 is 5.42. The highest BCUT2D eigenvalue weighted by Crippen LogP contribution is 2.07. The van der Waals surface area contributed by atoms with Crippen molar-refractivity contribution in [3.63, 3.8) is 0 Å². The predicted octanol–water partition coefficient (Wildman–Crippen LogP) is 1.29. The van der Waals surface area contributed by atoms with E-state index in [2.05, 4.69) is 11.2 Å². The van der Waals surface area contributed by atoms with E-state index in [1.54, 1.807) is 0 Å². The molecule has 2 heteroatoms. The Bertz CT molecular complexity index is 263. The first kappa shape index (κ1) is 9.63. The second-order valence-electron chi connectivity index (χ2n) is 2.54. The molecule has 1 aromatic carbocycles. The Hall–Kier alpha value is -1.46. The summed E-state index contributed by atoms with van der Waals surface area (Å²) in [5.74, 6) is 3.39. The summed E-state index contributed by atoms with van der Waals surface area (Å²) in [6.07, 6.45) is 5.07. The molecule has 0 bridgehead atoms. The van der Waals surface area contributed by atoms with Crippen LogP contribution in [0.25, 0.3) is 0 Å². The number of para-hydroxylation sites is 1. The number of rotatable bonds is 5. The highest BCUT2D eigenvalue weighted by atomic mass is 16.5. The van der Waals surface area contributed by atoms with Crippen LogP contribution in [0.2, 0.25) is 0 Å². The van der Waals surface area contributed by atoms with Crippen LogP contribution in [0.15, 0.2) is 30.3 Å². The van der Waals surface area contributed by atoms with Gasteiger partial charge in [0.05, 0.1) is 6.54 Å². The fourth-order valence-corrected chi connectivity index (χ4v) is 0.918. The smallest absolute Gasteiger partial charge is 0.119 e. The molecule has 0 fully saturated rings. The minimum atomic E-state index is 0.595. The molecule has 2 nitrogen and oxygen atoms in total. The van der Waals surface area contributed by atoms with Crippen molar-refractivity contribution in [2.75, 3.05) is 19.7 Å². The monoisotopic (exact) mass is 175 g/mol. The van der Waals surface area contributed by atoms with E-state index in [9.17, 15) is 0 Å². The maximum Gasteiger partial charge on any atom is 0.119 e. The van der Waals surface area contributed by atoms with E-state index >= 15 is 0 Å². The molecule has 0 aliphatic carbocycles. The fourth-order valence-electron chi connectivity index (χ4n) is 0.918. The van der Waals surface area contributed by atoms with Crippen LogP contribution in [0.5, 0.6) is 5.75 Å². The lowest BCUT2D eigenvalue weighted by molar-refractivity contribution is 0.317. The third kappa shape index (κ3) is 4.19. The first-order chi connectivity index (χ1) is 6.43. The molecule has 1 aromatic rings. The van der Waals surface area contributed by atoms with E-state index in [1.165, 1.54) is 0 Å². The SMILES string of the molecule is C#CCNCCOc1ccccc1. The van der Waals surface area contributed by atoms with Gasteiger partial charge in [0.15, 0.2) is 0 Å². The second-order valence-corrected chi connectivity index (χ2v) is 2.54. The van der Waals surface area contributed by atoms with Crippen molar-refractivity contribution >= 4 is 0 Å². The third-order valence-electron chi connectivity index (χ3n) is 1.52. The van der Waals surface area contributed by atoms with Crippen LogP contribution in [-0.4, -0.2) is 19.7 Å². The molecule has 0 spiro atoms. The van der Waals surface area contributed by atoms with E-state index in [0.717, 1.165) is 12.3 Å². The van der Waals surface area contributed by atoms with Crippen LogP contribution >= 0.6 is 0 Å². The summed E-state index contributed by atoms with van der Waals surface area (Å²) in [6, 6.07) is 9.72. The standard InChI is InChI=1S/C11H13NO/c1-2-8-12-9-10-13-11-6-4-3-5-7-11/h1,3-7,12H,8-10H2. The van der Waals surface area contributed by atoms with Gasteiger partial charge in [0.25, 0.3) is 0 Å². The molecule has 0 aliphatic heterocycles. The predicted molar refractivity (Wildman–Crippen MR) is 53.6 cm³/mol. The van der Waals surface area contributed by atoms with E-state index in [4.69, 9.17) is 11.2 Å². The fraction of sp³-hybridized carbons (Fsp3) is 0.273. The Morgan fingerprint density at radius 2 is 2.08 bits per heavy atom. The first-order valence-electron chi connectivity index (χ1n) is 4.25. The molecule has 68 valence electrons. The van der Waals surface area contributed by atoms with Crippen LogP contribution in [0, 0.1) is 12.3 Å². The largest absolute Gasteiger partial charge is 0.492 e. The molecule has 0 heterocycles. The lowest BCUT2D eigenvalue weighted by atomic mass is 10.3. The Labute approximate surface area is 78.9 Å². The number of benzene rings is 1. The molecule has 1 rings (SSSR count). The first-order valence-corrected chi connectivity index (χ1v) is 4.25. The van der Waals surface area contributed by atoms with Crippen molar-refractivity contribution in [1.29, 1.82) is 0 Å². The van der Waals surface area contributed by atoms with Gasteiger partial charge in [-0.3, -0.25) is 0 Å². The molecule has 0 aromatic heterocycles. The summed E-state index contributed by atoms with van der Waals surface area (Å²) in [4.78, 5) is 0. The van der Waals surface area contributed by atoms with Gasteiger partial charge >= 0.3 is 0 Å². The molecular weight excluding hydrogens is 162 g/mol. The molecule has 0 radical (unpaired) electrons. The zero-order chi connectivity index (χ0) is 9.36. The summed E-state index contributed by atoms with van der Waals surface area (Å²) in [7, 11) is 0. The summed E-state index contributed by atoms with van der Waals surface area (Å²) in [6.45, 7) is 2.02. The third-order valence-corrected chi connectivity index (χ3v) is 1.52. The van der Waals surface area contributed by atoms with Crippen molar-refractivity contribution in [2.24, 2.45) is 0 Å². The molecule has 0 amide bonds. The van der Waals surface area contributed by atoms with Gasteiger partial charge in [-0.2, -0.15) is 0 Å². The summed E-state index contributed by atoms with van der Waals surface area (Å²) in [5, 5.41) is 3.04. The van der Waals surface area contributed by atoms with E-state index in [1.807, 2.05) is 30.3 Å². The Morgan fingerprint density at radius 1 is 1.31 bits per heavy atom. The van der Waals surface area contributed by atoms with Gasteiger partial charge in [0, 0.05) is 6.54 Å². The number of nitrogens with one attached hydrogen (secondary N) is 1. The van der Waals surface area contributed by atoms with Crippen LogP contribution in [-0.2, 0) is 0 Å². The van der Waals surface area contributed by atoms with Gasteiger partial charge in [0.1, 0.15) is 12.4 Å². The molecule has 0 aliphatic rings. The molecule has 0 saturated heterocycles. The van der Waals surface area contributed by atoms with Crippen molar-refractivity contribution in [2.45, 2.75) is 0 Å². The van der Waals surface area contributed by atoms with Gasteiger partial charge < -0.3 is 10.1 Å². The maximum absolute atomic E-state index is 5.42. The zero-order valence-corrected chi connectivity index (χ0v) is 7.49. The van der Waals surface area contributed by atoms with Crippen LogP contribution in [0.3, 0.4) is 0 Å². The zero-order valence-electron chi connectivity index (χ0n) is 7.49. The molecule has 13 heavy (non-hydrogen) atoms. The van der Waals surface area contributed by atoms with Gasteiger partial charge in [-0.1, -0.05) is 24.1 Å². The van der Waals surface area contributed by atoms with Crippen molar-refractivity contribution < 1.29 is 4.74 Å². The van der Waals surface area contributed by atoms with E-state index < -0.39 is 0 Å². The van der Waals surface area contributed by atoms with Crippen LogP contribution in [0.4, 0.5) is 0 Å². The van der Waals surface area contributed by atoms with Gasteiger partial charge in [-0.15, -0.1) is 6.42 Å². The lowest BCUT2D eigenvalue weighted by Crippen LogP contribution is -2.21.